The van der Waals surface area contributed by atoms with E-state index in [-0.39, 0.29) is 23.0 Å². The van der Waals surface area contributed by atoms with E-state index in [0.29, 0.717) is 22.2 Å². The number of ketones is 1. The Morgan fingerprint density at radius 1 is 1.00 bits per heavy atom. The van der Waals surface area contributed by atoms with Gasteiger partial charge in [0.1, 0.15) is 5.58 Å². The third-order valence-corrected chi connectivity index (χ3v) is 3.38. The number of nitrogens with zero attached hydrogens (tertiary/aromatic N) is 1. The summed E-state index contributed by atoms with van der Waals surface area (Å²) in [7, 11) is 0. The van der Waals surface area contributed by atoms with E-state index in [9.17, 15) is 9.90 Å². The average Bonchev–Trinajstić information content (AvgIpc) is 2.98. The molecule has 4 nitrogen and oxygen atoms in total. The van der Waals surface area contributed by atoms with Crippen molar-refractivity contribution in [1.82, 2.24) is 0 Å². The van der Waals surface area contributed by atoms with Crippen molar-refractivity contribution in [3.05, 3.63) is 59.9 Å². The van der Waals surface area contributed by atoms with Crippen molar-refractivity contribution in [3.8, 4) is 5.75 Å². The van der Waals surface area contributed by atoms with Crippen LogP contribution in [0.2, 0.25) is 0 Å². The molecule has 4 rings (SSSR count). The minimum absolute atomic E-state index is 0.0412. The summed E-state index contributed by atoms with van der Waals surface area (Å²) in [6.07, 6.45) is 0. The molecule has 0 fully saturated rings. The smallest absolute Gasteiger partial charge is 0.217 e. The Hall–Kier alpha value is -2.88. The maximum absolute atomic E-state index is 12.3. The highest BCUT2D eigenvalue weighted by atomic mass is 16.4. The lowest BCUT2D eigenvalue weighted by Crippen LogP contribution is -2.10. The van der Waals surface area contributed by atoms with Gasteiger partial charge < -0.3 is 9.52 Å². The molecule has 4 heteroatoms. The van der Waals surface area contributed by atoms with Gasteiger partial charge in [0.2, 0.25) is 5.78 Å². The van der Waals surface area contributed by atoms with Crippen molar-refractivity contribution in [2.24, 2.45) is 4.99 Å². The van der Waals surface area contributed by atoms with Gasteiger partial charge in [-0.15, -0.1) is 0 Å². The molecule has 0 unspecified atom stereocenters. The Kier molecular flexibility index (Phi) is 2.09. The Labute approximate surface area is 114 Å². The first-order valence-electron chi connectivity index (χ1n) is 6.19. The van der Waals surface area contributed by atoms with Crippen molar-refractivity contribution in [2.75, 3.05) is 0 Å². The Bertz CT molecular complexity index is 890. The highest BCUT2D eigenvalue weighted by Gasteiger charge is 2.30. The Morgan fingerprint density at radius 2 is 1.75 bits per heavy atom. The molecule has 96 valence electrons. The van der Waals surface area contributed by atoms with Crippen LogP contribution in [-0.2, 0) is 0 Å². The third-order valence-electron chi connectivity index (χ3n) is 3.38. The summed E-state index contributed by atoms with van der Waals surface area (Å²) < 4.78 is 5.58. The third kappa shape index (κ3) is 1.36. The van der Waals surface area contributed by atoms with E-state index in [4.69, 9.17) is 4.42 Å². The number of hydrogen-bond acceptors (Lipinski definition) is 4. The number of Topliss-reactive ketones (excluding diaryl/α,β-unsaturated/α-hetero) is 1. The van der Waals surface area contributed by atoms with Gasteiger partial charge in [-0.25, -0.2) is 4.99 Å². The molecular formula is C16H9NO3. The molecule has 3 aromatic rings. The molecular weight excluding hydrogens is 254 g/mol. The molecule has 0 atom stereocenters. The molecule has 0 saturated heterocycles. The number of hydrogen-bond donors (Lipinski definition) is 1. The van der Waals surface area contributed by atoms with Crippen LogP contribution >= 0.6 is 0 Å². The normalized spacial score (nSPS) is 13.6. The summed E-state index contributed by atoms with van der Waals surface area (Å²) in [5.41, 5.74) is 1.82. The van der Waals surface area contributed by atoms with E-state index in [1.807, 2.05) is 12.1 Å². The maximum Gasteiger partial charge on any atom is 0.217 e. The second-order valence-corrected chi connectivity index (χ2v) is 4.58. The van der Waals surface area contributed by atoms with Crippen LogP contribution < -0.4 is 0 Å². The molecule has 1 N–H and O–H groups in total. The predicted molar refractivity (Wildman–Crippen MR) is 74.8 cm³/mol. The number of fused-ring (bicyclic) bond motifs is 2. The van der Waals surface area contributed by atoms with Gasteiger partial charge in [0.05, 0.1) is 16.6 Å². The number of aliphatic imine (C=N–C) groups is 1. The van der Waals surface area contributed by atoms with E-state index >= 15 is 0 Å². The minimum atomic E-state index is -0.227. The van der Waals surface area contributed by atoms with Gasteiger partial charge in [-0.2, -0.15) is 0 Å². The molecule has 1 aliphatic rings. The molecule has 0 spiro atoms. The monoisotopic (exact) mass is 263 g/mol. The number of carbonyl (C=O) groups excluding carboxylic acids is 1. The Morgan fingerprint density at radius 3 is 2.55 bits per heavy atom. The van der Waals surface area contributed by atoms with Crippen LogP contribution in [0.25, 0.3) is 11.0 Å². The van der Waals surface area contributed by atoms with Crippen molar-refractivity contribution < 1.29 is 14.3 Å². The first-order valence-corrected chi connectivity index (χ1v) is 6.19. The van der Waals surface area contributed by atoms with Crippen LogP contribution in [0.5, 0.6) is 5.75 Å². The van der Waals surface area contributed by atoms with Gasteiger partial charge in [-0.05, 0) is 24.3 Å². The van der Waals surface area contributed by atoms with Crippen molar-refractivity contribution in [1.29, 1.82) is 0 Å². The highest BCUT2D eigenvalue weighted by Crippen LogP contribution is 2.36. The molecule has 0 bridgehead atoms. The van der Waals surface area contributed by atoms with E-state index in [2.05, 4.69) is 4.99 Å². The molecule has 2 aromatic carbocycles. The van der Waals surface area contributed by atoms with E-state index in [1.165, 1.54) is 0 Å². The first-order chi connectivity index (χ1) is 9.75. The highest BCUT2D eigenvalue weighted by molar-refractivity contribution is 6.55. The fraction of sp³-hybridized carbons (Fsp3) is 0. The number of para-hydroxylation sites is 2. The lowest BCUT2D eigenvalue weighted by molar-refractivity contribution is 0.106. The average molecular weight is 263 g/mol. The first kappa shape index (κ1) is 11.0. The lowest BCUT2D eigenvalue weighted by Gasteiger charge is -1.95. The zero-order valence-electron chi connectivity index (χ0n) is 10.3. The molecule has 0 aliphatic carbocycles. The summed E-state index contributed by atoms with van der Waals surface area (Å²) in [4.78, 5) is 16.6. The number of aromatic hydroxyl groups is 1. The van der Waals surface area contributed by atoms with Crippen molar-refractivity contribution in [2.45, 2.75) is 0 Å². The van der Waals surface area contributed by atoms with Crippen LogP contribution in [0.1, 0.15) is 16.1 Å². The Balaban J connectivity index is 1.94. The molecule has 2 heterocycles. The molecule has 0 amide bonds. The SMILES string of the molecule is O=C1C(c2oc3ccccc3c2O)=Nc2ccccc21. The van der Waals surface area contributed by atoms with Crippen LogP contribution in [0, 0.1) is 0 Å². The quantitative estimate of drug-likeness (QED) is 0.731. The standard InChI is InChI=1S/C16H9NO3/c18-14-9-5-1-3-7-11(9)17-13(14)16-15(19)10-6-2-4-8-12(10)20-16/h1-8,19H. The van der Waals surface area contributed by atoms with Gasteiger partial charge in [-0.3, -0.25) is 4.79 Å². The topological polar surface area (TPSA) is 62.8 Å². The van der Waals surface area contributed by atoms with Crippen LogP contribution in [0.3, 0.4) is 0 Å². The summed E-state index contributed by atoms with van der Waals surface area (Å²) in [6, 6.07) is 14.2. The molecule has 0 saturated carbocycles. The summed E-state index contributed by atoms with van der Waals surface area (Å²) >= 11 is 0. The zero-order chi connectivity index (χ0) is 13.7. The summed E-state index contributed by atoms with van der Waals surface area (Å²) in [6.45, 7) is 0. The summed E-state index contributed by atoms with van der Waals surface area (Å²) in [5.74, 6) is -0.136. The second-order valence-electron chi connectivity index (χ2n) is 4.58. The molecule has 0 radical (unpaired) electrons. The van der Waals surface area contributed by atoms with Gasteiger partial charge in [-0.1, -0.05) is 24.3 Å². The zero-order valence-corrected chi connectivity index (χ0v) is 10.3. The number of benzene rings is 2. The summed E-state index contributed by atoms with van der Waals surface area (Å²) in [5, 5.41) is 10.8. The van der Waals surface area contributed by atoms with Crippen LogP contribution in [0.15, 0.2) is 57.9 Å². The maximum atomic E-state index is 12.3. The van der Waals surface area contributed by atoms with Crippen molar-refractivity contribution in [3.63, 3.8) is 0 Å². The molecule has 1 aliphatic heterocycles. The number of rotatable bonds is 1. The van der Waals surface area contributed by atoms with Crippen LogP contribution in [-0.4, -0.2) is 16.6 Å². The molecule has 1 aromatic heterocycles. The lowest BCUT2D eigenvalue weighted by atomic mass is 10.1. The largest absolute Gasteiger partial charge is 0.504 e. The van der Waals surface area contributed by atoms with E-state index < -0.39 is 0 Å². The van der Waals surface area contributed by atoms with Gasteiger partial charge in [0, 0.05) is 0 Å². The fourth-order valence-electron chi connectivity index (χ4n) is 2.41. The minimum Gasteiger partial charge on any atom is -0.504 e. The van der Waals surface area contributed by atoms with E-state index in [0.717, 1.165) is 0 Å². The number of furan rings is 1. The van der Waals surface area contributed by atoms with E-state index in [1.54, 1.807) is 36.4 Å². The van der Waals surface area contributed by atoms with Crippen molar-refractivity contribution >= 4 is 28.2 Å². The fourth-order valence-corrected chi connectivity index (χ4v) is 2.41. The van der Waals surface area contributed by atoms with Gasteiger partial charge in [0.15, 0.2) is 17.2 Å². The number of carbonyl (C=O) groups is 1. The molecule has 20 heavy (non-hydrogen) atoms. The van der Waals surface area contributed by atoms with Crippen LogP contribution in [0.4, 0.5) is 5.69 Å². The van der Waals surface area contributed by atoms with Gasteiger partial charge in [0.25, 0.3) is 0 Å². The van der Waals surface area contributed by atoms with Gasteiger partial charge >= 0.3 is 0 Å². The predicted octanol–water partition coefficient (Wildman–Crippen LogP) is 3.46. The second kappa shape index (κ2) is 3.81.